The molecule has 1 fully saturated rings. The number of hydrogen-bond donors (Lipinski definition) is 1. The van der Waals surface area contributed by atoms with Gasteiger partial charge in [0.15, 0.2) is 0 Å². The number of hydrogen-bond acceptors (Lipinski definition) is 3. The first kappa shape index (κ1) is 15.6. The second kappa shape index (κ2) is 5.92. The number of carbonyl (C=O) groups excluding carboxylic acids is 1. The Balaban J connectivity index is 1.95. The van der Waals surface area contributed by atoms with E-state index >= 15 is 0 Å². The maximum absolute atomic E-state index is 13.9. The first-order valence-corrected chi connectivity index (χ1v) is 7.29. The van der Waals surface area contributed by atoms with Gasteiger partial charge in [0, 0.05) is 18.8 Å². The van der Waals surface area contributed by atoms with Gasteiger partial charge in [0.05, 0.1) is 0 Å². The molecule has 1 heterocycles. The van der Waals surface area contributed by atoms with E-state index in [4.69, 9.17) is 10.5 Å². The summed E-state index contributed by atoms with van der Waals surface area (Å²) in [5, 5.41) is 0. The number of ether oxygens (including phenoxy) is 1. The van der Waals surface area contributed by atoms with Gasteiger partial charge in [-0.2, -0.15) is 0 Å². The van der Waals surface area contributed by atoms with Crippen LogP contribution < -0.4 is 5.73 Å². The Morgan fingerprint density at radius 1 is 1.33 bits per heavy atom. The fourth-order valence-electron chi connectivity index (χ4n) is 2.57. The number of anilines is 1. The third-order valence-electron chi connectivity index (χ3n) is 3.61. The van der Waals surface area contributed by atoms with Crippen molar-refractivity contribution in [3.05, 3.63) is 29.6 Å². The summed E-state index contributed by atoms with van der Waals surface area (Å²) in [5.41, 5.74) is 6.20. The van der Waals surface area contributed by atoms with Gasteiger partial charge in [-0.15, -0.1) is 0 Å². The molecular weight excluding hydrogens is 271 g/mol. The summed E-state index contributed by atoms with van der Waals surface area (Å²) in [6, 6.07) is 4.83. The Kier molecular flexibility index (Phi) is 4.40. The highest BCUT2D eigenvalue weighted by molar-refractivity contribution is 5.68. The molecule has 4 nitrogen and oxygen atoms in total. The van der Waals surface area contributed by atoms with E-state index in [1.165, 1.54) is 6.07 Å². The molecule has 0 unspecified atom stereocenters. The number of nitrogens with two attached hydrogens (primary N) is 1. The van der Waals surface area contributed by atoms with E-state index in [1.54, 1.807) is 17.0 Å². The zero-order valence-corrected chi connectivity index (χ0v) is 12.9. The Labute approximate surface area is 125 Å². The van der Waals surface area contributed by atoms with Crippen molar-refractivity contribution in [3.8, 4) is 0 Å². The monoisotopic (exact) mass is 294 g/mol. The molecule has 1 amide bonds. The van der Waals surface area contributed by atoms with Gasteiger partial charge in [-0.1, -0.05) is 6.07 Å². The van der Waals surface area contributed by atoms with Gasteiger partial charge >= 0.3 is 6.09 Å². The molecule has 116 valence electrons. The fourth-order valence-corrected chi connectivity index (χ4v) is 2.57. The number of carbonyl (C=O) groups is 1. The molecule has 0 aromatic heterocycles. The van der Waals surface area contributed by atoms with Gasteiger partial charge in [0.25, 0.3) is 0 Å². The maximum atomic E-state index is 13.9. The molecular formula is C16H23FN2O2. The molecule has 21 heavy (non-hydrogen) atoms. The topological polar surface area (TPSA) is 55.6 Å². The lowest BCUT2D eigenvalue weighted by molar-refractivity contribution is 0.0204. The highest BCUT2D eigenvalue weighted by Gasteiger charge is 2.28. The summed E-state index contributed by atoms with van der Waals surface area (Å²) in [6.45, 7) is 6.72. The largest absolute Gasteiger partial charge is 0.444 e. The Bertz CT molecular complexity index is 517. The molecule has 2 rings (SSSR count). The van der Waals surface area contributed by atoms with Crippen molar-refractivity contribution in [1.82, 2.24) is 4.90 Å². The number of nitrogen functional groups attached to an aromatic ring is 1. The van der Waals surface area contributed by atoms with Crippen LogP contribution in [-0.4, -0.2) is 29.7 Å². The van der Waals surface area contributed by atoms with Crippen molar-refractivity contribution in [2.24, 2.45) is 0 Å². The molecule has 0 aliphatic carbocycles. The van der Waals surface area contributed by atoms with Crippen molar-refractivity contribution >= 4 is 11.8 Å². The molecule has 1 aliphatic rings. The summed E-state index contributed by atoms with van der Waals surface area (Å²) in [7, 11) is 0. The first-order valence-electron chi connectivity index (χ1n) is 7.29. The van der Waals surface area contributed by atoms with E-state index < -0.39 is 5.60 Å². The average Bonchev–Trinajstić information content (AvgIpc) is 2.37. The number of nitrogens with zero attached hydrogens (tertiary/aromatic N) is 1. The van der Waals surface area contributed by atoms with Crippen LogP contribution in [0.4, 0.5) is 14.9 Å². The van der Waals surface area contributed by atoms with Crippen LogP contribution >= 0.6 is 0 Å². The number of rotatable bonds is 1. The van der Waals surface area contributed by atoms with Crippen molar-refractivity contribution < 1.29 is 13.9 Å². The number of amides is 1. The molecule has 1 aromatic rings. The number of piperidine rings is 1. The molecule has 0 radical (unpaired) electrons. The third-order valence-corrected chi connectivity index (χ3v) is 3.61. The van der Waals surface area contributed by atoms with Gasteiger partial charge < -0.3 is 15.4 Å². The Morgan fingerprint density at radius 3 is 2.48 bits per heavy atom. The van der Waals surface area contributed by atoms with Crippen LogP contribution in [0.3, 0.4) is 0 Å². The van der Waals surface area contributed by atoms with E-state index in [2.05, 4.69) is 0 Å². The van der Waals surface area contributed by atoms with Crippen LogP contribution in [0.5, 0.6) is 0 Å². The number of halogens is 1. The average molecular weight is 294 g/mol. The minimum atomic E-state index is -0.489. The van der Waals surface area contributed by atoms with E-state index in [0.717, 1.165) is 12.8 Å². The van der Waals surface area contributed by atoms with Crippen molar-refractivity contribution in [2.75, 3.05) is 18.8 Å². The Morgan fingerprint density at radius 2 is 1.95 bits per heavy atom. The molecule has 0 saturated carbocycles. The Hall–Kier alpha value is -1.78. The van der Waals surface area contributed by atoms with Crippen molar-refractivity contribution in [2.45, 2.75) is 45.1 Å². The van der Waals surface area contributed by atoms with Gasteiger partial charge in [-0.05, 0) is 57.2 Å². The predicted octanol–water partition coefficient (Wildman–Crippen LogP) is 3.52. The quantitative estimate of drug-likeness (QED) is 0.806. The lowest BCUT2D eigenvalue weighted by Gasteiger charge is -2.33. The zero-order chi connectivity index (χ0) is 15.6. The lowest BCUT2D eigenvalue weighted by Crippen LogP contribution is -2.41. The molecule has 1 saturated heterocycles. The number of benzene rings is 1. The van der Waals surface area contributed by atoms with E-state index in [9.17, 15) is 9.18 Å². The lowest BCUT2D eigenvalue weighted by atomic mass is 9.89. The predicted molar refractivity (Wildman–Crippen MR) is 80.6 cm³/mol. The van der Waals surface area contributed by atoms with Crippen molar-refractivity contribution in [1.29, 1.82) is 0 Å². The molecule has 0 bridgehead atoms. The summed E-state index contributed by atoms with van der Waals surface area (Å²) in [5.74, 6) is -0.130. The van der Waals surface area contributed by atoms with Crippen LogP contribution in [0.2, 0.25) is 0 Å². The molecule has 1 aliphatic heterocycles. The summed E-state index contributed by atoms with van der Waals surface area (Å²) >= 11 is 0. The molecule has 5 heteroatoms. The molecule has 0 atom stereocenters. The van der Waals surface area contributed by atoms with Gasteiger partial charge in [0.1, 0.15) is 11.4 Å². The van der Waals surface area contributed by atoms with Crippen LogP contribution in [0.1, 0.15) is 45.1 Å². The van der Waals surface area contributed by atoms with Crippen LogP contribution in [-0.2, 0) is 4.74 Å². The molecule has 0 spiro atoms. The van der Waals surface area contributed by atoms with Crippen molar-refractivity contribution in [3.63, 3.8) is 0 Å². The maximum Gasteiger partial charge on any atom is 0.410 e. The van der Waals surface area contributed by atoms with Gasteiger partial charge in [-0.3, -0.25) is 0 Å². The fraction of sp³-hybridized carbons (Fsp3) is 0.562. The van der Waals surface area contributed by atoms with Crippen LogP contribution in [0, 0.1) is 5.82 Å². The normalized spacial score (nSPS) is 16.9. The number of likely N-dealkylation sites (tertiary alicyclic amines) is 1. The minimum absolute atomic E-state index is 0.129. The highest BCUT2D eigenvalue weighted by atomic mass is 19.1. The van der Waals surface area contributed by atoms with Crippen LogP contribution in [0.25, 0.3) is 0 Å². The molecule has 2 N–H and O–H groups in total. The highest BCUT2D eigenvalue weighted by Crippen LogP contribution is 2.31. The van der Waals surface area contributed by atoms with E-state index in [-0.39, 0.29) is 17.8 Å². The van der Waals surface area contributed by atoms with Crippen LogP contribution in [0.15, 0.2) is 18.2 Å². The molecule has 1 aromatic carbocycles. The van der Waals surface area contributed by atoms with E-state index in [0.29, 0.717) is 24.3 Å². The summed E-state index contributed by atoms with van der Waals surface area (Å²) in [6.07, 6.45) is 1.18. The second-order valence-electron chi connectivity index (χ2n) is 6.52. The first-order chi connectivity index (χ1) is 9.76. The van der Waals surface area contributed by atoms with Gasteiger partial charge in [0.2, 0.25) is 0 Å². The van der Waals surface area contributed by atoms with E-state index in [1.807, 2.05) is 20.8 Å². The third kappa shape index (κ3) is 4.09. The SMILES string of the molecule is CC(C)(C)OC(=O)N1CCC(c2ccc(N)cc2F)CC1. The van der Waals surface area contributed by atoms with Gasteiger partial charge in [-0.25, -0.2) is 9.18 Å². The minimum Gasteiger partial charge on any atom is -0.444 e. The zero-order valence-electron chi connectivity index (χ0n) is 12.9. The summed E-state index contributed by atoms with van der Waals surface area (Å²) < 4.78 is 19.3. The summed E-state index contributed by atoms with van der Waals surface area (Å²) in [4.78, 5) is 13.7. The smallest absolute Gasteiger partial charge is 0.410 e. The second-order valence-corrected chi connectivity index (χ2v) is 6.52. The standard InChI is InChI=1S/C16H23FN2O2/c1-16(2,3)21-15(20)19-8-6-11(7-9-19)13-5-4-12(18)10-14(13)17/h4-5,10-11H,6-9,18H2,1-3H3.